The van der Waals surface area contributed by atoms with Gasteiger partial charge in [-0.3, -0.25) is 0 Å². The molecule has 0 bridgehead atoms. The van der Waals surface area contributed by atoms with E-state index in [9.17, 15) is 0 Å². The van der Waals surface area contributed by atoms with E-state index in [1.54, 1.807) is 0 Å². The van der Waals surface area contributed by atoms with Crippen molar-refractivity contribution in [1.29, 1.82) is 0 Å². The number of piperazine rings is 1. The molecule has 14 heavy (non-hydrogen) atoms. The van der Waals surface area contributed by atoms with E-state index in [0.717, 1.165) is 38.7 Å². The molecule has 2 heterocycles. The summed E-state index contributed by atoms with van der Waals surface area (Å²) in [5, 5.41) is 3.25. The lowest BCUT2D eigenvalue weighted by Crippen LogP contribution is -2.51. The molecule has 78 valence electrons. The fourth-order valence-corrected chi connectivity index (χ4v) is 1.69. The third-order valence-corrected chi connectivity index (χ3v) is 2.73. The monoisotopic (exact) mass is 194 g/mol. The van der Waals surface area contributed by atoms with Crippen molar-refractivity contribution in [1.82, 2.24) is 15.1 Å². The van der Waals surface area contributed by atoms with Crippen molar-refractivity contribution < 1.29 is 0 Å². The molecule has 0 aromatic heterocycles. The summed E-state index contributed by atoms with van der Waals surface area (Å²) in [5.41, 5.74) is 1.29. The van der Waals surface area contributed by atoms with Crippen LogP contribution in [0.25, 0.3) is 0 Å². The molecule has 2 aliphatic heterocycles. The Morgan fingerprint density at radius 3 is 2.57 bits per heavy atom. The van der Waals surface area contributed by atoms with E-state index >= 15 is 0 Å². The van der Waals surface area contributed by atoms with Gasteiger partial charge in [-0.25, -0.2) is 4.99 Å². The molecule has 0 atom stereocenters. The number of hydrogen-bond donors (Lipinski definition) is 1. The zero-order valence-electron chi connectivity index (χ0n) is 8.95. The van der Waals surface area contributed by atoms with E-state index in [0.29, 0.717) is 0 Å². The van der Waals surface area contributed by atoms with Gasteiger partial charge in [-0.2, -0.15) is 0 Å². The smallest absolute Gasteiger partial charge is 0.198 e. The maximum atomic E-state index is 4.50. The Morgan fingerprint density at radius 1 is 1.29 bits per heavy atom. The number of guanidine groups is 1. The van der Waals surface area contributed by atoms with E-state index in [1.807, 2.05) is 0 Å². The SMILES string of the molecule is CC1=CNC(N2CCN(C)CC2)=NC1. The van der Waals surface area contributed by atoms with Crippen molar-refractivity contribution in [3.8, 4) is 0 Å². The van der Waals surface area contributed by atoms with Crippen molar-refractivity contribution in [2.24, 2.45) is 4.99 Å². The molecule has 4 nitrogen and oxygen atoms in total. The molecule has 1 fully saturated rings. The molecule has 0 aromatic carbocycles. The van der Waals surface area contributed by atoms with E-state index < -0.39 is 0 Å². The topological polar surface area (TPSA) is 30.9 Å². The van der Waals surface area contributed by atoms with Crippen LogP contribution in [-0.2, 0) is 0 Å². The first-order chi connectivity index (χ1) is 6.75. The minimum atomic E-state index is 0.842. The van der Waals surface area contributed by atoms with Crippen LogP contribution in [0.1, 0.15) is 6.92 Å². The summed E-state index contributed by atoms with van der Waals surface area (Å²) in [6, 6.07) is 0. The first kappa shape index (κ1) is 9.52. The largest absolute Gasteiger partial charge is 0.340 e. The minimum absolute atomic E-state index is 0.842. The Kier molecular flexibility index (Phi) is 2.72. The zero-order valence-corrected chi connectivity index (χ0v) is 8.95. The third-order valence-electron chi connectivity index (χ3n) is 2.73. The molecule has 0 unspecified atom stereocenters. The molecule has 0 radical (unpaired) electrons. The first-order valence-corrected chi connectivity index (χ1v) is 5.16. The second kappa shape index (κ2) is 4.00. The van der Waals surface area contributed by atoms with E-state index in [1.165, 1.54) is 5.57 Å². The summed E-state index contributed by atoms with van der Waals surface area (Å²) >= 11 is 0. The molecule has 4 heteroatoms. The lowest BCUT2D eigenvalue weighted by Gasteiger charge is -2.35. The van der Waals surface area contributed by atoms with Crippen molar-refractivity contribution in [3.63, 3.8) is 0 Å². The second-order valence-corrected chi connectivity index (χ2v) is 4.07. The summed E-state index contributed by atoms with van der Waals surface area (Å²) in [6.07, 6.45) is 2.06. The van der Waals surface area contributed by atoms with Gasteiger partial charge in [0.05, 0.1) is 6.54 Å². The van der Waals surface area contributed by atoms with Crippen molar-refractivity contribution >= 4 is 5.96 Å². The van der Waals surface area contributed by atoms with Crippen LogP contribution in [0.3, 0.4) is 0 Å². The summed E-state index contributed by atoms with van der Waals surface area (Å²) in [6.45, 7) is 7.35. The Hall–Kier alpha value is -1.03. The fraction of sp³-hybridized carbons (Fsp3) is 0.700. The second-order valence-electron chi connectivity index (χ2n) is 4.07. The number of hydrogen-bond acceptors (Lipinski definition) is 4. The van der Waals surface area contributed by atoms with Crippen LogP contribution in [0.2, 0.25) is 0 Å². The van der Waals surface area contributed by atoms with Crippen LogP contribution < -0.4 is 5.32 Å². The molecule has 0 spiro atoms. The Bertz CT molecular complexity index is 261. The Labute approximate surface area is 85.3 Å². The van der Waals surface area contributed by atoms with Crippen molar-refractivity contribution in [2.45, 2.75) is 6.92 Å². The Morgan fingerprint density at radius 2 is 2.00 bits per heavy atom. The van der Waals surface area contributed by atoms with Crippen LogP contribution in [0.5, 0.6) is 0 Å². The average Bonchev–Trinajstić information content (AvgIpc) is 2.21. The molecule has 0 saturated carbocycles. The predicted octanol–water partition coefficient (Wildman–Crippen LogP) is 0.0968. The summed E-state index contributed by atoms with van der Waals surface area (Å²) < 4.78 is 0. The summed E-state index contributed by atoms with van der Waals surface area (Å²) in [7, 11) is 2.16. The molecule has 0 amide bonds. The molecule has 2 aliphatic rings. The van der Waals surface area contributed by atoms with Crippen molar-refractivity contribution in [2.75, 3.05) is 39.8 Å². The standard InChI is InChI=1S/C10H18N4/c1-9-7-11-10(12-8-9)14-5-3-13(2)4-6-14/h7H,3-6,8H2,1-2H3,(H,11,12). The summed E-state index contributed by atoms with van der Waals surface area (Å²) in [5.74, 6) is 1.05. The Balaban J connectivity index is 1.90. The molecule has 2 rings (SSSR count). The fourth-order valence-electron chi connectivity index (χ4n) is 1.69. The normalized spacial score (nSPS) is 24.0. The zero-order chi connectivity index (χ0) is 9.97. The van der Waals surface area contributed by atoms with E-state index in [-0.39, 0.29) is 0 Å². The number of nitrogens with zero attached hydrogens (tertiary/aromatic N) is 3. The van der Waals surface area contributed by atoms with Gasteiger partial charge in [-0.1, -0.05) is 0 Å². The van der Waals surface area contributed by atoms with Gasteiger partial charge in [0.1, 0.15) is 0 Å². The quantitative estimate of drug-likeness (QED) is 0.593. The molecular weight excluding hydrogens is 176 g/mol. The van der Waals surface area contributed by atoms with Crippen LogP contribution in [0.15, 0.2) is 16.8 Å². The first-order valence-electron chi connectivity index (χ1n) is 5.16. The maximum absolute atomic E-state index is 4.50. The average molecular weight is 194 g/mol. The number of nitrogens with one attached hydrogen (secondary N) is 1. The predicted molar refractivity (Wildman–Crippen MR) is 58.3 cm³/mol. The molecule has 1 saturated heterocycles. The molecular formula is C10H18N4. The van der Waals surface area contributed by atoms with E-state index in [2.05, 4.69) is 40.3 Å². The van der Waals surface area contributed by atoms with Gasteiger partial charge >= 0.3 is 0 Å². The number of rotatable bonds is 0. The van der Waals surface area contributed by atoms with Crippen molar-refractivity contribution in [3.05, 3.63) is 11.8 Å². The highest BCUT2D eigenvalue weighted by atomic mass is 15.3. The lowest BCUT2D eigenvalue weighted by molar-refractivity contribution is 0.212. The highest BCUT2D eigenvalue weighted by Crippen LogP contribution is 2.04. The molecule has 1 N–H and O–H groups in total. The van der Waals surface area contributed by atoms with Gasteiger partial charge in [-0.05, 0) is 19.5 Å². The molecule has 0 aromatic rings. The van der Waals surface area contributed by atoms with Crippen LogP contribution in [0.4, 0.5) is 0 Å². The van der Waals surface area contributed by atoms with Gasteiger partial charge in [0, 0.05) is 32.4 Å². The van der Waals surface area contributed by atoms with E-state index in [4.69, 9.17) is 0 Å². The third kappa shape index (κ3) is 2.07. The minimum Gasteiger partial charge on any atom is -0.340 e. The van der Waals surface area contributed by atoms with Crippen LogP contribution in [0, 0.1) is 0 Å². The number of aliphatic imine (C=N–C) groups is 1. The highest BCUT2D eigenvalue weighted by molar-refractivity contribution is 5.82. The van der Waals surface area contributed by atoms with Gasteiger partial charge in [-0.15, -0.1) is 0 Å². The molecule has 0 aliphatic carbocycles. The highest BCUT2D eigenvalue weighted by Gasteiger charge is 2.17. The van der Waals surface area contributed by atoms with Gasteiger partial charge in [0.2, 0.25) is 0 Å². The maximum Gasteiger partial charge on any atom is 0.198 e. The number of likely N-dealkylation sites (N-methyl/N-ethyl adjacent to an activating group) is 1. The van der Waals surface area contributed by atoms with Crippen LogP contribution >= 0.6 is 0 Å². The van der Waals surface area contributed by atoms with Gasteiger partial charge < -0.3 is 15.1 Å². The van der Waals surface area contributed by atoms with Gasteiger partial charge in [0.15, 0.2) is 5.96 Å². The lowest BCUT2D eigenvalue weighted by atomic mass is 10.3. The van der Waals surface area contributed by atoms with Crippen LogP contribution in [-0.4, -0.2) is 55.5 Å². The van der Waals surface area contributed by atoms with Gasteiger partial charge in [0.25, 0.3) is 0 Å². The summed E-state index contributed by atoms with van der Waals surface area (Å²) in [4.78, 5) is 9.17.